The Kier molecular flexibility index (Phi) is 11.6. The van der Waals surface area contributed by atoms with Crippen LogP contribution in [0.5, 0.6) is 0 Å². The van der Waals surface area contributed by atoms with Crippen molar-refractivity contribution in [1.82, 2.24) is 9.80 Å². The zero-order valence-electron chi connectivity index (χ0n) is 28.8. The van der Waals surface area contributed by atoms with Crippen molar-refractivity contribution in [1.29, 1.82) is 0 Å². The van der Waals surface area contributed by atoms with Crippen molar-refractivity contribution in [3.05, 3.63) is 144 Å². The summed E-state index contributed by atoms with van der Waals surface area (Å²) < 4.78 is 0. The van der Waals surface area contributed by atoms with Crippen LogP contribution < -0.4 is 0 Å². The zero-order chi connectivity index (χ0) is 35.7. The second kappa shape index (κ2) is 16.6. The monoisotopic (exact) mass is 686 g/mol. The normalized spacial score (nSPS) is 21.5. The highest BCUT2D eigenvalue weighted by Crippen LogP contribution is 2.41. The smallest absolute Gasteiger partial charge is 0.408 e. The number of nitrogens with zero attached hydrogens (tertiary/aromatic N) is 2. The fourth-order valence-corrected chi connectivity index (χ4v) is 8.41. The van der Waals surface area contributed by atoms with E-state index in [9.17, 15) is 29.4 Å². The van der Waals surface area contributed by atoms with Crippen LogP contribution in [0, 0.1) is 11.8 Å². The Hall–Kier alpha value is -5.24. The first-order valence-corrected chi connectivity index (χ1v) is 18.1. The van der Waals surface area contributed by atoms with E-state index in [0.717, 1.165) is 32.1 Å². The van der Waals surface area contributed by atoms with Crippen LogP contribution in [0.4, 0.5) is 9.59 Å². The van der Waals surface area contributed by atoms with E-state index in [4.69, 9.17) is 0 Å². The molecule has 0 saturated heterocycles. The molecule has 264 valence electrons. The lowest BCUT2D eigenvalue weighted by Crippen LogP contribution is -2.47. The highest BCUT2D eigenvalue weighted by Gasteiger charge is 2.41. The number of ketones is 2. The molecule has 4 aromatic rings. The average Bonchev–Trinajstić information content (AvgIpc) is 3.17. The number of carbonyl (C=O) groups excluding carboxylic acids is 2. The minimum Gasteiger partial charge on any atom is -0.465 e. The quantitative estimate of drug-likeness (QED) is 0.143. The minimum atomic E-state index is -1.09. The van der Waals surface area contributed by atoms with Gasteiger partial charge in [-0.15, -0.1) is 0 Å². The molecule has 2 atom stereocenters. The van der Waals surface area contributed by atoms with Gasteiger partial charge in [0.05, 0.1) is 0 Å². The van der Waals surface area contributed by atoms with Crippen molar-refractivity contribution >= 4 is 23.8 Å². The van der Waals surface area contributed by atoms with E-state index < -0.39 is 24.3 Å². The van der Waals surface area contributed by atoms with Crippen LogP contribution in [0.25, 0.3) is 0 Å². The molecule has 2 amide bonds. The lowest BCUT2D eigenvalue weighted by atomic mass is 9.75. The predicted molar refractivity (Wildman–Crippen MR) is 196 cm³/mol. The molecular weight excluding hydrogens is 640 g/mol. The minimum absolute atomic E-state index is 0.224. The molecule has 2 aliphatic rings. The second-order valence-corrected chi connectivity index (χ2v) is 14.1. The zero-order valence-corrected chi connectivity index (χ0v) is 28.8. The van der Waals surface area contributed by atoms with Crippen molar-refractivity contribution in [2.75, 3.05) is 0 Å². The average molecular weight is 687 g/mol. The first-order valence-electron chi connectivity index (χ1n) is 18.1. The summed E-state index contributed by atoms with van der Waals surface area (Å²) in [4.78, 5) is 56.2. The molecule has 2 saturated carbocycles. The van der Waals surface area contributed by atoms with Crippen molar-refractivity contribution < 1.29 is 29.4 Å². The van der Waals surface area contributed by atoms with E-state index in [2.05, 4.69) is 0 Å². The molecule has 0 aromatic heterocycles. The van der Waals surface area contributed by atoms with Crippen LogP contribution in [-0.2, 0) is 0 Å². The van der Waals surface area contributed by atoms with Gasteiger partial charge in [-0.25, -0.2) is 9.59 Å². The van der Waals surface area contributed by atoms with E-state index in [0.29, 0.717) is 59.8 Å². The number of amides is 2. The number of hydrogen-bond acceptors (Lipinski definition) is 4. The summed E-state index contributed by atoms with van der Waals surface area (Å²) in [6.07, 6.45) is 5.07. The van der Waals surface area contributed by atoms with Crippen molar-refractivity contribution in [3.63, 3.8) is 0 Å². The van der Waals surface area contributed by atoms with Crippen molar-refractivity contribution in [2.24, 2.45) is 11.8 Å². The number of carboxylic acid groups (broad SMARTS) is 2. The second-order valence-electron chi connectivity index (χ2n) is 14.1. The maximum Gasteiger partial charge on any atom is 0.408 e. The van der Waals surface area contributed by atoms with Gasteiger partial charge in [-0.1, -0.05) is 121 Å². The van der Waals surface area contributed by atoms with Crippen LogP contribution >= 0.6 is 0 Å². The Balaban J connectivity index is 1.10. The van der Waals surface area contributed by atoms with Crippen LogP contribution in [0.2, 0.25) is 0 Å². The van der Waals surface area contributed by atoms with Crippen LogP contribution in [-0.4, -0.2) is 55.8 Å². The van der Waals surface area contributed by atoms with Gasteiger partial charge in [0.2, 0.25) is 0 Å². The Morgan fingerprint density at radius 3 is 1.06 bits per heavy atom. The molecule has 2 N–H and O–H groups in total. The number of benzene rings is 4. The summed E-state index contributed by atoms with van der Waals surface area (Å²) in [5.41, 5.74) is 2.32. The molecule has 0 heterocycles. The first kappa shape index (κ1) is 35.6. The lowest BCUT2D eigenvalue weighted by Gasteiger charge is -2.42. The fourth-order valence-electron chi connectivity index (χ4n) is 8.41. The van der Waals surface area contributed by atoms with Gasteiger partial charge in [0, 0.05) is 23.2 Å². The third kappa shape index (κ3) is 8.39. The van der Waals surface area contributed by atoms with E-state index in [1.165, 1.54) is 9.80 Å². The van der Waals surface area contributed by atoms with Crippen LogP contribution in [0.1, 0.15) is 102 Å². The molecule has 0 aliphatic heterocycles. The number of Topliss-reactive ketones (excluding diaryl/α,β-unsaturated/α-hetero) is 2. The number of hydrogen-bond donors (Lipinski definition) is 2. The Morgan fingerprint density at radius 2 is 0.765 bits per heavy atom. The third-order valence-corrected chi connectivity index (χ3v) is 10.9. The van der Waals surface area contributed by atoms with Gasteiger partial charge in [0.1, 0.15) is 12.1 Å². The molecule has 6 rings (SSSR count). The summed E-state index contributed by atoms with van der Waals surface area (Å²) in [6, 6.07) is 33.8. The molecule has 4 aromatic carbocycles. The van der Waals surface area contributed by atoms with E-state index in [1.807, 2.05) is 72.8 Å². The molecule has 0 radical (unpaired) electrons. The maximum absolute atomic E-state index is 13.8. The van der Waals surface area contributed by atoms with Crippen LogP contribution in [0.3, 0.4) is 0 Å². The Labute approximate surface area is 299 Å². The van der Waals surface area contributed by atoms with Gasteiger partial charge >= 0.3 is 12.2 Å². The molecule has 2 fully saturated rings. The fraction of sp³-hybridized carbons (Fsp3) is 0.349. The predicted octanol–water partition coefficient (Wildman–Crippen LogP) is 9.70. The summed E-state index contributed by atoms with van der Waals surface area (Å²) in [6.45, 7) is 0. The Bertz CT molecular complexity index is 1620. The molecule has 0 spiro atoms. The molecule has 8 heteroatoms. The maximum atomic E-state index is 13.8. The largest absolute Gasteiger partial charge is 0.465 e. The molecular formula is C43H46N2O6. The molecule has 2 aliphatic carbocycles. The standard InChI is InChI=1S/C43H46N2O6/c46-40(34-17-9-3-10-18-34)38(32-13-5-1-6-14-32)44(42(48)49)36-25-21-30(22-26-36)29-31-23-27-37(28-24-31)45(43(50)51)39(33-15-7-2-8-16-33)41(47)35-19-11-4-12-20-35/h1-20,30-31,36-39H,21-29H2,(H,48,49)(H,50,51). The highest BCUT2D eigenvalue weighted by atomic mass is 16.4. The summed E-state index contributed by atoms with van der Waals surface area (Å²) in [5.74, 6) is 0.424. The summed E-state index contributed by atoms with van der Waals surface area (Å²) in [7, 11) is 0. The molecule has 2 unspecified atom stereocenters. The topological polar surface area (TPSA) is 115 Å². The Morgan fingerprint density at radius 1 is 0.471 bits per heavy atom. The third-order valence-electron chi connectivity index (χ3n) is 10.9. The van der Waals surface area contributed by atoms with Gasteiger partial charge in [-0.3, -0.25) is 19.4 Å². The van der Waals surface area contributed by atoms with E-state index in [-0.39, 0.29) is 23.7 Å². The van der Waals surface area contributed by atoms with Crippen LogP contribution in [0.15, 0.2) is 121 Å². The van der Waals surface area contributed by atoms with Gasteiger partial charge in [-0.05, 0) is 80.8 Å². The van der Waals surface area contributed by atoms with Gasteiger partial charge in [-0.2, -0.15) is 0 Å². The molecule has 51 heavy (non-hydrogen) atoms. The number of rotatable bonds is 12. The van der Waals surface area contributed by atoms with Gasteiger partial charge < -0.3 is 10.2 Å². The van der Waals surface area contributed by atoms with Crippen molar-refractivity contribution in [2.45, 2.75) is 82.0 Å². The van der Waals surface area contributed by atoms with Crippen molar-refractivity contribution in [3.8, 4) is 0 Å². The molecule has 8 nitrogen and oxygen atoms in total. The lowest BCUT2D eigenvalue weighted by molar-refractivity contribution is 0.0528. The van der Waals surface area contributed by atoms with Gasteiger partial charge in [0.15, 0.2) is 11.6 Å². The molecule has 0 bridgehead atoms. The summed E-state index contributed by atoms with van der Waals surface area (Å²) in [5, 5.41) is 21.0. The van der Waals surface area contributed by atoms with E-state index >= 15 is 0 Å². The first-order chi connectivity index (χ1) is 24.8. The van der Waals surface area contributed by atoms with E-state index in [1.54, 1.807) is 48.5 Å². The highest BCUT2D eigenvalue weighted by molar-refractivity contribution is 6.02. The number of carbonyl (C=O) groups is 4. The SMILES string of the molecule is O=C(c1ccccc1)C(c1ccccc1)N(C(=O)O)C1CCC(CC2CCC(N(C(=O)O)C(C(=O)c3ccccc3)c3ccccc3)CC2)CC1. The summed E-state index contributed by atoms with van der Waals surface area (Å²) >= 11 is 0. The van der Waals surface area contributed by atoms with Gasteiger partial charge in [0.25, 0.3) is 0 Å².